The second kappa shape index (κ2) is 33.0. The zero-order chi connectivity index (χ0) is 49.1. The number of hydrogen-bond donors (Lipinski definition) is 9. The summed E-state index contributed by atoms with van der Waals surface area (Å²) in [7, 11) is -11.5. The van der Waals surface area contributed by atoms with Gasteiger partial charge in [0.2, 0.25) is 0 Å². The summed E-state index contributed by atoms with van der Waals surface area (Å²) in [6.45, 7) is 2.57. The van der Waals surface area contributed by atoms with Crippen LogP contribution in [0, 0.1) is 11.8 Å². The second-order valence-electron chi connectivity index (χ2n) is 18.0. The number of Topliss-reactive ketones (excluding diaryl/α,β-unsaturated/α-hetero) is 1. The van der Waals surface area contributed by atoms with Gasteiger partial charge < -0.3 is 54.8 Å². The predicted molar refractivity (Wildman–Crippen MR) is 242 cm³/mol. The molecule has 1 saturated heterocycles. The number of carbonyl (C=O) groups excluding carboxylic acids is 3. The van der Waals surface area contributed by atoms with Crippen LogP contribution < -0.4 is 0 Å². The van der Waals surface area contributed by atoms with Crippen LogP contribution in [0.2, 0.25) is 0 Å². The van der Waals surface area contributed by atoms with Gasteiger partial charge in [-0.3, -0.25) is 28.0 Å². The van der Waals surface area contributed by atoms with E-state index in [4.69, 9.17) is 23.0 Å². The Morgan fingerprint density at radius 2 is 1.38 bits per heavy atom. The van der Waals surface area contributed by atoms with Crippen LogP contribution in [0.15, 0.2) is 12.2 Å². The van der Waals surface area contributed by atoms with E-state index >= 15 is 0 Å². The van der Waals surface area contributed by atoms with Crippen LogP contribution in [-0.4, -0.2) is 131 Å². The van der Waals surface area contributed by atoms with Crippen molar-refractivity contribution in [2.75, 3.05) is 13.2 Å². The Morgan fingerprint density at radius 3 is 1.98 bits per heavy atom. The lowest BCUT2D eigenvalue weighted by atomic mass is 9.82. The molecule has 2 rings (SSSR count). The number of rotatable bonds is 24. The van der Waals surface area contributed by atoms with Crippen LogP contribution in [0.3, 0.4) is 0 Å². The highest BCUT2D eigenvalue weighted by molar-refractivity contribution is 7.47. The lowest BCUT2D eigenvalue weighted by Gasteiger charge is -2.38. The van der Waals surface area contributed by atoms with Crippen LogP contribution in [0.25, 0.3) is 0 Å². The van der Waals surface area contributed by atoms with Crippen molar-refractivity contribution in [3.05, 3.63) is 12.2 Å². The molecule has 0 radical (unpaired) electrons. The number of ketones is 1. The molecule has 1 heterocycles. The highest BCUT2D eigenvalue weighted by atomic mass is 31.2. The van der Waals surface area contributed by atoms with Crippen molar-refractivity contribution >= 4 is 33.4 Å². The van der Waals surface area contributed by atoms with Gasteiger partial charge in [-0.1, -0.05) is 142 Å². The largest absolute Gasteiger partial charge is 0.472 e. The van der Waals surface area contributed by atoms with Crippen molar-refractivity contribution in [2.45, 2.75) is 229 Å². The first-order chi connectivity index (χ1) is 31.3. The minimum Gasteiger partial charge on any atom is -0.462 e. The number of hydrogen-bond acceptors (Lipinski definition) is 16. The monoisotopic (exact) mass is 988 g/mol. The Bertz CT molecular complexity index is 1490. The van der Waals surface area contributed by atoms with E-state index in [2.05, 4.69) is 6.92 Å². The topological polar surface area (TPSA) is 314 Å². The van der Waals surface area contributed by atoms with Crippen LogP contribution in [-0.2, 0) is 46.6 Å². The molecule has 2 fully saturated rings. The smallest absolute Gasteiger partial charge is 0.462 e. The summed E-state index contributed by atoms with van der Waals surface area (Å²) in [6.07, 6.45) is 0.248. The number of phosphoric ester groups is 2. The maximum atomic E-state index is 13.9. The second-order valence-corrected chi connectivity index (χ2v) is 20.6. The van der Waals surface area contributed by atoms with Gasteiger partial charge in [0.25, 0.3) is 0 Å². The molecular formula is C45H82O19P2. The summed E-state index contributed by atoms with van der Waals surface area (Å²) >= 11 is 0. The van der Waals surface area contributed by atoms with E-state index in [0.717, 1.165) is 50.7 Å². The molecule has 2 bridgehead atoms. The van der Waals surface area contributed by atoms with Crippen molar-refractivity contribution in [1.82, 2.24) is 0 Å². The first kappa shape index (κ1) is 60.5. The molecule has 0 spiro atoms. The zero-order valence-electron chi connectivity index (χ0n) is 39.1. The molecule has 12 atom stereocenters. The summed E-state index contributed by atoms with van der Waals surface area (Å²) in [4.78, 5) is 70.5. The first-order valence-electron chi connectivity index (χ1n) is 24.3. The van der Waals surface area contributed by atoms with Crippen molar-refractivity contribution in [2.24, 2.45) is 11.8 Å². The Hall–Kier alpha value is -1.67. The quantitative estimate of drug-likeness (QED) is 0.0240. The van der Waals surface area contributed by atoms with Gasteiger partial charge in [-0.2, -0.15) is 0 Å². The summed E-state index contributed by atoms with van der Waals surface area (Å²) < 4.78 is 52.0. The molecule has 0 aromatic rings. The normalized spacial score (nSPS) is 31.0. The number of aliphatic hydroxyl groups is 6. The fourth-order valence-electron chi connectivity index (χ4n) is 8.36. The molecule has 1 unspecified atom stereocenters. The number of ether oxygens (including phenoxy) is 2. The SMILES string of the molecule is CCCCCCCCCCCCCCCC(=O)OC[C@@H]1COP(=O)(O)O[C@H]2[C@H](O)[C@@H](O)[C@H](O)[C@@H](CCCCCCC(=O)O1)[C@@H](O)CC(=O)[C@H](C=C[C@@H](O)CCCCC)[C@@H](O)[C@H]2OP(=O)(O)O. The Balaban J connectivity index is 2.34. The van der Waals surface area contributed by atoms with E-state index in [1.54, 1.807) is 0 Å². The number of phosphoric acid groups is 2. The van der Waals surface area contributed by atoms with Gasteiger partial charge in [-0.25, -0.2) is 9.13 Å². The molecule has 0 amide bonds. The van der Waals surface area contributed by atoms with Crippen molar-refractivity contribution in [1.29, 1.82) is 0 Å². The van der Waals surface area contributed by atoms with Crippen molar-refractivity contribution in [3.8, 4) is 0 Å². The Morgan fingerprint density at radius 1 is 0.803 bits per heavy atom. The molecule has 0 aromatic heterocycles. The van der Waals surface area contributed by atoms with E-state index in [9.17, 15) is 68.8 Å². The molecule has 9 N–H and O–H groups in total. The molecule has 19 nitrogen and oxygen atoms in total. The molecule has 1 aliphatic carbocycles. The van der Waals surface area contributed by atoms with Gasteiger partial charge >= 0.3 is 27.6 Å². The van der Waals surface area contributed by atoms with E-state index in [1.165, 1.54) is 51.4 Å². The van der Waals surface area contributed by atoms with E-state index in [1.807, 2.05) is 6.92 Å². The van der Waals surface area contributed by atoms with Gasteiger partial charge in [0.15, 0.2) is 6.10 Å². The molecule has 66 heavy (non-hydrogen) atoms. The lowest BCUT2D eigenvalue weighted by molar-refractivity contribution is -0.165. The van der Waals surface area contributed by atoms with E-state index in [-0.39, 0.29) is 32.1 Å². The predicted octanol–water partition coefficient (Wildman–Crippen LogP) is 5.76. The van der Waals surface area contributed by atoms with Gasteiger partial charge in [0.05, 0.1) is 36.9 Å². The summed E-state index contributed by atoms with van der Waals surface area (Å²) in [5, 5.41) is 68.0. The minimum atomic E-state index is -5.78. The number of aliphatic hydroxyl groups excluding tert-OH is 6. The third-order valence-corrected chi connectivity index (χ3v) is 13.7. The summed E-state index contributed by atoms with van der Waals surface area (Å²) in [5.74, 6) is -5.59. The third kappa shape index (κ3) is 24.7. The van der Waals surface area contributed by atoms with E-state index in [0.29, 0.717) is 32.1 Å². The standard InChI is InChI=1S/C45H82O19P2/c1-3-5-7-8-9-10-11-12-13-14-15-16-21-25-38(49)60-30-33-31-61-66(58,59)64-45-43(54)42(53)40(51)34(24-20-17-18-22-26-39(50)62-33)36(47)29-37(48)35(28-27-32(46)23-19-6-4-2)41(52)44(45)63-65(55,56)57/h27-28,32-36,40-47,51-54H,3-26,29-31H2,1-2H3,(H,58,59)(H2,55,56,57)/t32-,33+,34-,35-,36-,40+,41+,42-,43+,44+,45-/m0/s1. The van der Waals surface area contributed by atoms with Gasteiger partial charge in [0.1, 0.15) is 36.8 Å². The summed E-state index contributed by atoms with van der Waals surface area (Å²) in [6, 6.07) is 0. The van der Waals surface area contributed by atoms with Gasteiger partial charge in [-0.15, -0.1) is 0 Å². The molecular weight excluding hydrogens is 906 g/mol. The zero-order valence-corrected chi connectivity index (χ0v) is 40.9. The number of carbonyl (C=O) groups is 3. The molecule has 1 saturated carbocycles. The summed E-state index contributed by atoms with van der Waals surface area (Å²) in [5.41, 5.74) is 0. The van der Waals surface area contributed by atoms with Gasteiger partial charge in [0, 0.05) is 25.2 Å². The van der Waals surface area contributed by atoms with Crippen molar-refractivity contribution in [3.63, 3.8) is 0 Å². The molecule has 1 aliphatic heterocycles. The minimum absolute atomic E-state index is 0.0618. The fourth-order valence-corrected chi connectivity index (χ4v) is 9.89. The first-order valence-corrected chi connectivity index (χ1v) is 27.4. The molecule has 2 aliphatic rings. The molecule has 386 valence electrons. The maximum Gasteiger partial charge on any atom is 0.472 e. The Kier molecular flexibility index (Phi) is 30.2. The highest BCUT2D eigenvalue weighted by Gasteiger charge is 2.51. The van der Waals surface area contributed by atoms with Crippen LogP contribution >= 0.6 is 15.6 Å². The van der Waals surface area contributed by atoms with Crippen LogP contribution in [0.4, 0.5) is 0 Å². The number of fused-ring (bicyclic) bond motifs is 4. The average Bonchev–Trinajstić information content (AvgIpc) is 3.25. The molecule has 21 heteroatoms. The van der Waals surface area contributed by atoms with Crippen LogP contribution in [0.1, 0.15) is 174 Å². The lowest BCUT2D eigenvalue weighted by Crippen LogP contribution is -2.56. The average molecular weight is 989 g/mol. The number of cyclic esters (lactones) is 1. The maximum absolute atomic E-state index is 13.9. The number of esters is 2. The molecule has 0 aromatic carbocycles. The van der Waals surface area contributed by atoms with E-state index < -0.39 is 120 Å². The highest BCUT2D eigenvalue weighted by Crippen LogP contribution is 2.49. The third-order valence-electron chi connectivity index (χ3n) is 12.2. The van der Waals surface area contributed by atoms with Gasteiger partial charge in [-0.05, 0) is 25.7 Å². The van der Waals surface area contributed by atoms with Crippen molar-refractivity contribution < 1.29 is 91.9 Å². The fraction of sp³-hybridized carbons (Fsp3) is 0.889. The Labute approximate surface area is 390 Å². The number of unbranched alkanes of at least 4 members (excludes halogenated alkanes) is 14. The van der Waals surface area contributed by atoms with Crippen LogP contribution in [0.5, 0.6) is 0 Å².